The molecule has 1 aromatic rings. The van der Waals surface area contributed by atoms with Gasteiger partial charge in [0.1, 0.15) is 0 Å². The molecule has 0 spiro atoms. The van der Waals surface area contributed by atoms with Gasteiger partial charge in [0.2, 0.25) is 5.91 Å². The molecule has 1 amide bonds. The summed E-state index contributed by atoms with van der Waals surface area (Å²) in [4.78, 5) is 13.9. The van der Waals surface area contributed by atoms with E-state index in [1.165, 1.54) is 5.56 Å². The number of hydrogen-bond acceptors (Lipinski definition) is 2. The van der Waals surface area contributed by atoms with Gasteiger partial charge < -0.3 is 10.6 Å². The van der Waals surface area contributed by atoms with Crippen LogP contribution in [-0.4, -0.2) is 30.9 Å². The topological polar surface area (TPSA) is 46.3 Å². The largest absolute Gasteiger partial charge is 0.345 e. The van der Waals surface area contributed by atoms with Crippen molar-refractivity contribution in [3.05, 3.63) is 35.4 Å². The Bertz CT molecular complexity index is 415. The molecule has 1 rings (SSSR count). The molecule has 3 nitrogen and oxygen atoms in total. The number of halogens is 1. The second-order valence-electron chi connectivity index (χ2n) is 5.96. The third-order valence-electron chi connectivity index (χ3n) is 3.43. The van der Waals surface area contributed by atoms with Crippen LogP contribution in [0.25, 0.3) is 0 Å². The Balaban J connectivity index is 0.00000361. The maximum atomic E-state index is 12.1. The molecule has 0 fully saturated rings. The van der Waals surface area contributed by atoms with Crippen molar-refractivity contribution >= 4 is 18.3 Å². The molecular weight excluding hydrogens is 272 g/mol. The zero-order valence-electron chi connectivity index (χ0n) is 13.0. The quantitative estimate of drug-likeness (QED) is 0.877. The molecule has 4 heteroatoms. The van der Waals surface area contributed by atoms with Gasteiger partial charge in [-0.2, -0.15) is 0 Å². The van der Waals surface area contributed by atoms with Crippen LogP contribution in [0.2, 0.25) is 0 Å². The minimum Gasteiger partial charge on any atom is -0.345 e. The molecule has 0 heterocycles. The Morgan fingerprint density at radius 1 is 1.20 bits per heavy atom. The molecule has 0 saturated heterocycles. The Morgan fingerprint density at radius 2 is 1.70 bits per heavy atom. The first-order valence-electron chi connectivity index (χ1n) is 6.90. The average molecular weight is 299 g/mol. The number of rotatable bonds is 6. The lowest BCUT2D eigenvalue weighted by Crippen LogP contribution is -2.40. The lowest BCUT2D eigenvalue weighted by molar-refractivity contribution is -0.130. The van der Waals surface area contributed by atoms with E-state index in [9.17, 15) is 4.79 Å². The Labute approximate surface area is 128 Å². The van der Waals surface area contributed by atoms with Crippen molar-refractivity contribution in [1.82, 2.24) is 4.90 Å². The second kappa shape index (κ2) is 8.28. The summed E-state index contributed by atoms with van der Waals surface area (Å²) in [6.45, 7) is 7.55. The third-order valence-corrected chi connectivity index (χ3v) is 3.43. The summed E-state index contributed by atoms with van der Waals surface area (Å²) in [6, 6.07) is 8.26. The fourth-order valence-corrected chi connectivity index (χ4v) is 2.00. The number of hydrogen-bond donors (Lipinski definition) is 1. The van der Waals surface area contributed by atoms with E-state index in [0.29, 0.717) is 19.5 Å². The summed E-state index contributed by atoms with van der Waals surface area (Å²) in [7, 11) is 1.85. The molecule has 0 unspecified atom stereocenters. The third kappa shape index (κ3) is 5.93. The number of likely N-dealkylation sites (N-methyl/N-ethyl adjacent to an activating group) is 1. The molecule has 114 valence electrons. The molecule has 0 atom stereocenters. The predicted octanol–water partition coefficient (Wildman–Crippen LogP) is 2.66. The number of carbonyl (C=O) groups excluding carboxylic acids is 1. The second-order valence-corrected chi connectivity index (χ2v) is 5.96. The summed E-state index contributed by atoms with van der Waals surface area (Å²) < 4.78 is 0. The van der Waals surface area contributed by atoms with Crippen molar-refractivity contribution in [2.45, 2.75) is 33.6 Å². The van der Waals surface area contributed by atoms with E-state index in [1.807, 2.05) is 19.2 Å². The monoisotopic (exact) mass is 298 g/mol. The van der Waals surface area contributed by atoms with E-state index >= 15 is 0 Å². The first-order chi connectivity index (χ1) is 8.88. The summed E-state index contributed by atoms with van der Waals surface area (Å²) in [6.07, 6.45) is 1.49. The van der Waals surface area contributed by atoms with Gasteiger partial charge in [-0.25, -0.2) is 0 Å². The average Bonchev–Trinajstić information content (AvgIpc) is 2.39. The first kappa shape index (κ1) is 18.9. The predicted molar refractivity (Wildman–Crippen MR) is 87.2 cm³/mol. The highest BCUT2D eigenvalue weighted by molar-refractivity contribution is 5.85. The van der Waals surface area contributed by atoms with Gasteiger partial charge in [-0.3, -0.25) is 4.79 Å². The van der Waals surface area contributed by atoms with Crippen LogP contribution in [0.4, 0.5) is 0 Å². The standard InChI is InChI=1S/C16H26N2O.ClH/c1-5-13-6-8-14(9-7-13)10-15(19)18(4)12-16(2,3)11-17;/h6-9H,5,10-12,17H2,1-4H3;1H. The van der Waals surface area contributed by atoms with Crippen molar-refractivity contribution in [2.75, 3.05) is 20.1 Å². The Hall–Kier alpha value is -1.06. The normalized spacial score (nSPS) is 10.8. The van der Waals surface area contributed by atoms with Crippen LogP contribution in [0.5, 0.6) is 0 Å². The van der Waals surface area contributed by atoms with Crippen molar-refractivity contribution in [2.24, 2.45) is 11.1 Å². The van der Waals surface area contributed by atoms with Gasteiger partial charge in [-0.1, -0.05) is 45.0 Å². The molecule has 0 aliphatic heterocycles. The summed E-state index contributed by atoms with van der Waals surface area (Å²) in [5.41, 5.74) is 8.04. The highest BCUT2D eigenvalue weighted by Crippen LogP contribution is 2.15. The number of amides is 1. The highest BCUT2D eigenvalue weighted by Gasteiger charge is 2.21. The first-order valence-corrected chi connectivity index (χ1v) is 6.90. The van der Waals surface area contributed by atoms with Crippen LogP contribution in [0.1, 0.15) is 31.9 Å². The zero-order valence-corrected chi connectivity index (χ0v) is 13.8. The molecule has 0 aliphatic carbocycles. The van der Waals surface area contributed by atoms with E-state index in [4.69, 9.17) is 5.73 Å². The highest BCUT2D eigenvalue weighted by atomic mass is 35.5. The lowest BCUT2D eigenvalue weighted by Gasteiger charge is -2.29. The van der Waals surface area contributed by atoms with Gasteiger partial charge in [0.05, 0.1) is 6.42 Å². The number of nitrogens with two attached hydrogens (primary N) is 1. The number of aryl methyl sites for hydroxylation is 1. The molecule has 0 radical (unpaired) electrons. The molecule has 2 N–H and O–H groups in total. The van der Waals surface area contributed by atoms with Gasteiger partial charge in [0.15, 0.2) is 0 Å². The molecule has 0 aromatic heterocycles. The lowest BCUT2D eigenvalue weighted by atomic mass is 9.93. The molecule has 0 aliphatic rings. The molecule has 0 saturated carbocycles. The van der Waals surface area contributed by atoms with Crippen molar-refractivity contribution in [1.29, 1.82) is 0 Å². The van der Waals surface area contributed by atoms with Crippen LogP contribution in [-0.2, 0) is 17.6 Å². The van der Waals surface area contributed by atoms with E-state index in [0.717, 1.165) is 12.0 Å². The van der Waals surface area contributed by atoms with Crippen LogP contribution in [0.15, 0.2) is 24.3 Å². The maximum Gasteiger partial charge on any atom is 0.226 e. The van der Waals surface area contributed by atoms with E-state index in [2.05, 4.69) is 32.9 Å². The number of nitrogens with zero attached hydrogens (tertiary/aromatic N) is 1. The fraction of sp³-hybridized carbons (Fsp3) is 0.562. The van der Waals surface area contributed by atoms with Gasteiger partial charge in [0.25, 0.3) is 0 Å². The van der Waals surface area contributed by atoms with E-state index in [1.54, 1.807) is 4.90 Å². The summed E-state index contributed by atoms with van der Waals surface area (Å²) >= 11 is 0. The zero-order chi connectivity index (χ0) is 14.5. The Kier molecular flexibility index (Phi) is 7.84. The summed E-state index contributed by atoms with van der Waals surface area (Å²) in [5.74, 6) is 0.144. The molecule has 0 bridgehead atoms. The molecule has 1 aromatic carbocycles. The minimum absolute atomic E-state index is 0. The van der Waals surface area contributed by atoms with E-state index in [-0.39, 0.29) is 23.7 Å². The van der Waals surface area contributed by atoms with Crippen LogP contribution in [0.3, 0.4) is 0 Å². The molecular formula is C16H27ClN2O. The van der Waals surface area contributed by atoms with E-state index < -0.39 is 0 Å². The molecule has 20 heavy (non-hydrogen) atoms. The summed E-state index contributed by atoms with van der Waals surface area (Å²) in [5, 5.41) is 0. The van der Waals surface area contributed by atoms with Gasteiger partial charge in [0, 0.05) is 13.6 Å². The van der Waals surface area contributed by atoms with Crippen LogP contribution in [0, 0.1) is 5.41 Å². The number of benzene rings is 1. The maximum absolute atomic E-state index is 12.1. The van der Waals surface area contributed by atoms with Gasteiger partial charge in [-0.15, -0.1) is 12.4 Å². The minimum atomic E-state index is -0.0313. The smallest absolute Gasteiger partial charge is 0.226 e. The SMILES string of the molecule is CCc1ccc(CC(=O)N(C)CC(C)(C)CN)cc1.Cl. The van der Waals surface area contributed by atoms with Crippen LogP contribution < -0.4 is 5.73 Å². The van der Waals surface area contributed by atoms with Crippen LogP contribution >= 0.6 is 12.4 Å². The van der Waals surface area contributed by atoms with Gasteiger partial charge >= 0.3 is 0 Å². The van der Waals surface area contributed by atoms with Crippen molar-refractivity contribution in [3.8, 4) is 0 Å². The Morgan fingerprint density at radius 3 is 2.15 bits per heavy atom. The van der Waals surface area contributed by atoms with Crippen molar-refractivity contribution in [3.63, 3.8) is 0 Å². The number of carbonyl (C=O) groups is 1. The van der Waals surface area contributed by atoms with Crippen molar-refractivity contribution < 1.29 is 4.79 Å². The fourth-order valence-electron chi connectivity index (χ4n) is 2.00. The van der Waals surface area contributed by atoms with Gasteiger partial charge in [-0.05, 0) is 29.5 Å².